The van der Waals surface area contributed by atoms with Crippen LogP contribution in [0, 0.1) is 6.92 Å². The molecule has 1 saturated carbocycles. The van der Waals surface area contributed by atoms with E-state index in [1.807, 2.05) is 37.3 Å². The Labute approximate surface area is 118 Å². The Morgan fingerprint density at radius 1 is 1.15 bits per heavy atom. The fraction of sp³-hybridized carbons (Fsp3) is 0.333. The van der Waals surface area contributed by atoms with E-state index < -0.39 is 0 Å². The maximum Gasteiger partial charge on any atom is 0.229 e. The number of methoxy groups -OCH3 is 1. The zero-order valence-electron chi connectivity index (χ0n) is 11.7. The number of anilines is 3. The largest absolute Gasteiger partial charge is 0.497 e. The quantitative estimate of drug-likeness (QED) is 0.874. The molecule has 3 rings (SSSR count). The molecule has 0 saturated heterocycles. The highest BCUT2D eigenvalue weighted by atomic mass is 16.5. The molecule has 2 aromatic rings. The molecule has 0 unspecified atom stereocenters. The number of hydrogen-bond acceptors (Lipinski definition) is 5. The summed E-state index contributed by atoms with van der Waals surface area (Å²) in [5, 5.41) is 6.60. The Morgan fingerprint density at radius 2 is 1.90 bits per heavy atom. The van der Waals surface area contributed by atoms with E-state index in [4.69, 9.17) is 4.74 Å². The molecule has 1 aliphatic rings. The molecule has 1 aromatic heterocycles. The monoisotopic (exact) mass is 270 g/mol. The number of aromatic nitrogens is 2. The molecule has 0 radical (unpaired) electrons. The predicted molar refractivity (Wildman–Crippen MR) is 79.7 cm³/mol. The van der Waals surface area contributed by atoms with Gasteiger partial charge < -0.3 is 15.4 Å². The van der Waals surface area contributed by atoms with E-state index in [-0.39, 0.29) is 0 Å². The fourth-order valence-corrected chi connectivity index (χ4v) is 1.94. The number of benzene rings is 1. The summed E-state index contributed by atoms with van der Waals surface area (Å²) >= 11 is 0. The van der Waals surface area contributed by atoms with Gasteiger partial charge in [-0.05, 0) is 44.0 Å². The highest BCUT2D eigenvalue weighted by Crippen LogP contribution is 2.25. The van der Waals surface area contributed by atoms with Crippen molar-refractivity contribution in [1.29, 1.82) is 0 Å². The smallest absolute Gasteiger partial charge is 0.229 e. The average Bonchev–Trinajstić information content (AvgIpc) is 3.23. The van der Waals surface area contributed by atoms with Gasteiger partial charge in [0.05, 0.1) is 7.11 Å². The van der Waals surface area contributed by atoms with Gasteiger partial charge >= 0.3 is 0 Å². The zero-order valence-corrected chi connectivity index (χ0v) is 11.7. The van der Waals surface area contributed by atoms with E-state index in [1.54, 1.807) is 7.11 Å². The van der Waals surface area contributed by atoms with Gasteiger partial charge in [-0.25, -0.2) is 4.98 Å². The Balaban J connectivity index is 1.76. The number of nitrogens with zero attached hydrogens (tertiary/aromatic N) is 2. The Hall–Kier alpha value is -2.30. The molecule has 0 bridgehead atoms. The van der Waals surface area contributed by atoms with Crippen LogP contribution in [0.1, 0.15) is 18.5 Å². The molecular weight excluding hydrogens is 252 g/mol. The van der Waals surface area contributed by atoms with Gasteiger partial charge in [-0.3, -0.25) is 0 Å². The van der Waals surface area contributed by atoms with Gasteiger partial charge in [-0.1, -0.05) is 0 Å². The Morgan fingerprint density at radius 3 is 2.55 bits per heavy atom. The van der Waals surface area contributed by atoms with E-state index in [1.165, 1.54) is 12.8 Å². The van der Waals surface area contributed by atoms with Crippen LogP contribution in [-0.4, -0.2) is 23.1 Å². The molecule has 5 nitrogen and oxygen atoms in total. The van der Waals surface area contributed by atoms with Crippen LogP contribution in [0.5, 0.6) is 5.75 Å². The first-order chi connectivity index (χ1) is 9.72. The van der Waals surface area contributed by atoms with Gasteiger partial charge in [0, 0.05) is 23.5 Å². The van der Waals surface area contributed by atoms with Crippen molar-refractivity contribution in [2.24, 2.45) is 0 Å². The van der Waals surface area contributed by atoms with Crippen molar-refractivity contribution in [3.63, 3.8) is 0 Å². The van der Waals surface area contributed by atoms with Gasteiger partial charge in [0.15, 0.2) is 0 Å². The summed E-state index contributed by atoms with van der Waals surface area (Å²) < 4.78 is 5.14. The van der Waals surface area contributed by atoms with Crippen LogP contribution in [0.2, 0.25) is 0 Å². The number of hydrogen-bond donors (Lipinski definition) is 2. The molecule has 1 fully saturated rings. The first kappa shape index (κ1) is 12.7. The maximum atomic E-state index is 5.14. The molecule has 20 heavy (non-hydrogen) atoms. The second-order valence-corrected chi connectivity index (χ2v) is 4.99. The van der Waals surface area contributed by atoms with Crippen LogP contribution in [-0.2, 0) is 0 Å². The number of rotatable bonds is 5. The minimum atomic E-state index is 0.582. The third kappa shape index (κ3) is 3.17. The summed E-state index contributed by atoms with van der Waals surface area (Å²) in [4.78, 5) is 8.89. The molecule has 1 aromatic carbocycles. The van der Waals surface area contributed by atoms with Crippen LogP contribution in [0.15, 0.2) is 30.3 Å². The molecule has 104 valence electrons. The van der Waals surface area contributed by atoms with Crippen LogP contribution in [0.25, 0.3) is 0 Å². The standard InChI is InChI=1S/C15H18N4O/c1-10-9-14(17-11-3-4-11)19-15(16-10)18-12-5-7-13(20-2)8-6-12/h5-9,11H,3-4H2,1-2H3,(H2,16,17,18,19). The molecule has 0 spiro atoms. The van der Waals surface area contributed by atoms with Gasteiger partial charge in [0.25, 0.3) is 0 Å². The summed E-state index contributed by atoms with van der Waals surface area (Å²) in [6.45, 7) is 1.97. The van der Waals surface area contributed by atoms with Crippen molar-refractivity contribution in [1.82, 2.24) is 9.97 Å². The molecule has 5 heteroatoms. The SMILES string of the molecule is COc1ccc(Nc2nc(C)cc(NC3CC3)n2)cc1. The molecule has 1 aliphatic carbocycles. The van der Waals surface area contributed by atoms with Crippen LogP contribution in [0.4, 0.5) is 17.5 Å². The number of ether oxygens (including phenoxy) is 1. The molecule has 0 amide bonds. The van der Waals surface area contributed by atoms with Crippen molar-refractivity contribution in [3.8, 4) is 5.75 Å². The average molecular weight is 270 g/mol. The molecule has 1 heterocycles. The summed E-state index contributed by atoms with van der Waals surface area (Å²) in [7, 11) is 1.65. The lowest BCUT2D eigenvalue weighted by molar-refractivity contribution is 0.415. The lowest BCUT2D eigenvalue weighted by atomic mass is 10.3. The van der Waals surface area contributed by atoms with Crippen molar-refractivity contribution in [2.75, 3.05) is 17.7 Å². The van der Waals surface area contributed by atoms with E-state index in [0.717, 1.165) is 22.9 Å². The maximum absolute atomic E-state index is 5.14. The van der Waals surface area contributed by atoms with Crippen LogP contribution in [0.3, 0.4) is 0 Å². The van der Waals surface area contributed by atoms with E-state index >= 15 is 0 Å². The van der Waals surface area contributed by atoms with Crippen molar-refractivity contribution in [2.45, 2.75) is 25.8 Å². The van der Waals surface area contributed by atoms with Crippen molar-refractivity contribution >= 4 is 17.5 Å². The topological polar surface area (TPSA) is 59.1 Å². The summed E-state index contributed by atoms with van der Waals surface area (Å²) in [6.07, 6.45) is 2.45. The minimum Gasteiger partial charge on any atom is -0.497 e. The first-order valence-corrected chi connectivity index (χ1v) is 6.76. The normalized spacial score (nSPS) is 13.9. The van der Waals surface area contributed by atoms with E-state index in [0.29, 0.717) is 12.0 Å². The number of nitrogens with one attached hydrogen (secondary N) is 2. The predicted octanol–water partition coefficient (Wildman–Crippen LogP) is 3.11. The van der Waals surface area contributed by atoms with Gasteiger partial charge in [-0.2, -0.15) is 4.98 Å². The highest BCUT2D eigenvalue weighted by molar-refractivity contribution is 5.56. The highest BCUT2D eigenvalue weighted by Gasteiger charge is 2.21. The molecule has 0 atom stereocenters. The molecule has 2 N–H and O–H groups in total. The van der Waals surface area contributed by atoms with Gasteiger partial charge in [0.2, 0.25) is 5.95 Å². The van der Waals surface area contributed by atoms with Gasteiger partial charge in [-0.15, -0.1) is 0 Å². The second kappa shape index (κ2) is 5.36. The summed E-state index contributed by atoms with van der Waals surface area (Å²) in [5.41, 5.74) is 1.88. The third-order valence-corrected chi connectivity index (χ3v) is 3.13. The summed E-state index contributed by atoms with van der Waals surface area (Å²) in [5.74, 6) is 2.33. The Kier molecular flexibility index (Phi) is 3.41. The minimum absolute atomic E-state index is 0.582. The molecular formula is C15H18N4O. The number of aryl methyl sites for hydroxylation is 1. The van der Waals surface area contributed by atoms with E-state index in [9.17, 15) is 0 Å². The first-order valence-electron chi connectivity index (χ1n) is 6.76. The van der Waals surface area contributed by atoms with Crippen LogP contribution >= 0.6 is 0 Å². The fourth-order valence-electron chi connectivity index (χ4n) is 1.94. The lowest BCUT2D eigenvalue weighted by Crippen LogP contribution is -2.06. The second-order valence-electron chi connectivity index (χ2n) is 4.99. The van der Waals surface area contributed by atoms with Crippen molar-refractivity contribution in [3.05, 3.63) is 36.0 Å². The molecule has 0 aliphatic heterocycles. The van der Waals surface area contributed by atoms with Crippen molar-refractivity contribution < 1.29 is 4.74 Å². The van der Waals surface area contributed by atoms with Gasteiger partial charge in [0.1, 0.15) is 11.6 Å². The third-order valence-electron chi connectivity index (χ3n) is 3.13. The zero-order chi connectivity index (χ0) is 13.9. The van der Waals surface area contributed by atoms with Crippen LogP contribution < -0.4 is 15.4 Å². The summed E-state index contributed by atoms with van der Waals surface area (Å²) in [6, 6.07) is 10.2. The van der Waals surface area contributed by atoms with E-state index in [2.05, 4.69) is 20.6 Å². The Bertz CT molecular complexity index is 593. The lowest BCUT2D eigenvalue weighted by Gasteiger charge is -2.09.